The van der Waals surface area contributed by atoms with Crippen LogP contribution in [-0.2, 0) is 20.6 Å². The third-order valence-electron chi connectivity index (χ3n) is 4.34. The van der Waals surface area contributed by atoms with Crippen LogP contribution in [0.3, 0.4) is 0 Å². The number of aromatic nitrogens is 2. The lowest BCUT2D eigenvalue weighted by atomic mass is 10.1. The predicted octanol–water partition coefficient (Wildman–Crippen LogP) is 0.296. The van der Waals surface area contributed by atoms with E-state index in [0.717, 1.165) is 17.7 Å². The van der Waals surface area contributed by atoms with Crippen LogP contribution in [0.4, 0.5) is 0 Å². The van der Waals surface area contributed by atoms with Gasteiger partial charge in [0.05, 0.1) is 0 Å². The maximum absolute atomic E-state index is 12.0. The van der Waals surface area contributed by atoms with E-state index in [1.807, 2.05) is 0 Å². The van der Waals surface area contributed by atoms with Crippen LogP contribution < -0.4 is 16.6 Å². The van der Waals surface area contributed by atoms with E-state index in [1.54, 1.807) is 13.2 Å². The molecular weight excluding hydrogens is 280 g/mol. The van der Waals surface area contributed by atoms with Gasteiger partial charge < -0.3 is 14.8 Å². The molecule has 1 aromatic rings. The van der Waals surface area contributed by atoms with Gasteiger partial charge in [-0.05, 0) is 38.4 Å². The number of nitrogens with zero attached hydrogens (tertiary/aromatic N) is 3. The molecule has 1 fully saturated rings. The number of hydrogen-bond acceptors (Lipinski definition) is 4. The lowest BCUT2D eigenvalue weighted by molar-refractivity contribution is 0.199. The Morgan fingerprint density at radius 3 is 2.55 bits per heavy atom. The molecule has 1 N–H and O–H groups in total. The molecule has 1 aliphatic heterocycles. The molecule has 6 nitrogen and oxygen atoms in total. The zero-order valence-corrected chi connectivity index (χ0v) is 14.0. The van der Waals surface area contributed by atoms with Gasteiger partial charge in [-0.1, -0.05) is 13.3 Å². The minimum absolute atomic E-state index is 0.209. The minimum atomic E-state index is -0.285. The van der Waals surface area contributed by atoms with Crippen LogP contribution >= 0.6 is 0 Å². The first-order chi connectivity index (χ1) is 10.5. The average Bonchev–Trinajstić information content (AvgIpc) is 2.51. The van der Waals surface area contributed by atoms with E-state index in [1.165, 1.54) is 44.0 Å². The zero-order chi connectivity index (χ0) is 16.1. The molecule has 0 aliphatic carbocycles. The highest BCUT2D eigenvalue weighted by molar-refractivity contribution is 5.05. The molecule has 22 heavy (non-hydrogen) atoms. The Morgan fingerprint density at radius 2 is 1.86 bits per heavy atom. The summed E-state index contributed by atoms with van der Waals surface area (Å²) in [6.45, 7) is 7.16. The molecule has 0 saturated carbocycles. The van der Waals surface area contributed by atoms with Gasteiger partial charge in [0.1, 0.15) is 0 Å². The molecule has 1 saturated heterocycles. The second-order valence-corrected chi connectivity index (χ2v) is 6.51. The fourth-order valence-electron chi connectivity index (χ4n) is 3.10. The van der Waals surface area contributed by atoms with Crippen molar-refractivity contribution < 1.29 is 0 Å². The average molecular weight is 308 g/mol. The summed E-state index contributed by atoms with van der Waals surface area (Å²) in [5, 5.41) is 3.35. The van der Waals surface area contributed by atoms with Crippen molar-refractivity contribution in [3.63, 3.8) is 0 Å². The van der Waals surface area contributed by atoms with E-state index < -0.39 is 0 Å². The standard InChI is InChI=1S/C16H28N4O2/c1-13(11-20-7-5-4-6-8-20)9-17-10-14-12-18(2)16(22)19(3)15(14)21/h12-13,17H,4-11H2,1-3H3. The van der Waals surface area contributed by atoms with E-state index in [-0.39, 0.29) is 11.2 Å². The Bertz CT molecular complexity index is 599. The molecule has 2 heterocycles. The Kier molecular flexibility index (Phi) is 5.97. The highest BCUT2D eigenvalue weighted by Crippen LogP contribution is 2.10. The van der Waals surface area contributed by atoms with Crippen molar-refractivity contribution in [3.8, 4) is 0 Å². The van der Waals surface area contributed by atoms with Crippen molar-refractivity contribution in [2.75, 3.05) is 26.2 Å². The largest absolute Gasteiger partial charge is 0.330 e. The highest BCUT2D eigenvalue weighted by Gasteiger charge is 2.13. The minimum Gasteiger partial charge on any atom is -0.312 e. The molecule has 124 valence electrons. The van der Waals surface area contributed by atoms with Gasteiger partial charge in [0.25, 0.3) is 5.56 Å². The van der Waals surface area contributed by atoms with E-state index in [2.05, 4.69) is 17.1 Å². The third kappa shape index (κ3) is 4.30. The Morgan fingerprint density at radius 1 is 1.18 bits per heavy atom. The number of nitrogens with one attached hydrogen (secondary N) is 1. The summed E-state index contributed by atoms with van der Waals surface area (Å²) in [5.41, 5.74) is 0.140. The summed E-state index contributed by atoms with van der Waals surface area (Å²) >= 11 is 0. The molecule has 1 aliphatic rings. The van der Waals surface area contributed by atoms with Crippen molar-refractivity contribution in [2.24, 2.45) is 20.0 Å². The van der Waals surface area contributed by atoms with E-state index in [9.17, 15) is 9.59 Å². The second-order valence-electron chi connectivity index (χ2n) is 6.51. The monoisotopic (exact) mass is 308 g/mol. The highest BCUT2D eigenvalue weighted by atomic mass is 16.2. The molecule has 1 atom stereocenters. The fourth-order valence-corrected chi connectivity index (χ4v) is 3.10. The number of piperidine rings is 1. The van der Waals surface area contributed by atoms with Gasteiger partial charge in [-0.15, -0.1) is 0 Å². The van der Waals surface area contributed by atoms with Crippen LogP contribution in [0.25, 0.3) is 0 Å². The molecule has 0 radical (unpaired) electrons. The summed E-state index contributed by atoms with van der Waals surface area (Å²) in [4.78, 5) is 26.2. The van der Waals surface area contributed by atoms with Crippen molar-refractivity contribution in [1.82, 2.24) is 19.4 Å². The normalized spacial score (nSPS) is 17.6. The molecule has 1 unspecified atom stereocenters. The fraction of sp³-hybridized carbons (Fsp3) is 0.750. The second kappa shape index (κ2) is 7.74. The first-order valence-electron chi connectivity index (χ1n) is 8.17. The lowest BCUT2D eigenvalue weighted by Gasteiger charge is -2.29. The van der Waals surface area contributed by atoms with Crippen molar-refractivity contribution in [2.45, 2.75) is 32.7 Å². The molecule has 2 rings (SSSR count). The van der Waals surface area contributed by atoms with Crippen LogP contribution in [0.5, 0.6) is 0 Å². The number of hydrogen-bond donors (Lipinski definition) is 1. The molecule has 0 amide bonds. The summed E-state index contributed by atoms with van der Waals surface area (Å²) in [6, 6.07) is 0. The van der Waals surface area contributed by atoms with Crippen molar-refractivity contribution >= 4 is 0 Å². The molecule has 0 spiro atoms. The van der Waals surface area contributed by atoms with Crippen LogP contribution in [0, 0.1) is 5.92 Å². The molecule has 0 bridgehead atoms. The Labute approximate surface area is 131 Å². The van der Waals surface area contributed by atoms with Gasteiger partial charge >= 0.3 is 5.69 Å². The quantitative estimate of drug-likeness (QED) is 0.821. The van der Waals surface area contributed by atoms with Gasteiger partial charge in [0, 0.05) is 38.9 Å². The van der Waals surface area contributed by atoms with Gasteiger partial charge in [-0.25, -0.2) is 4.79 Å². The SMILES string of the molecule is CC(CNCc1cn(C)c(=O)n(C)c1=O)CN1CCCCC1. The summed E-state index contributed by atoms with van der Waals surface area (Å²) in [5.74, 6) is 0.550. The maximum atomic E-state index is 12.0. The zero-order valence-electron chi connectivity index (χ0n) is 14.0. The molecule has 6 heteroatoms. The Hall–Kier alpha value is -1.40. The van der Waals surface area contributed by atoms with Crippen LogP contribution in [0.15, 0.2) is 15.8 Å². The van der Waals surface area contributed by atoms with Gasteiger partial charge in [0.15, 0.2) is 0 Å². The van der Waals surface area contributed by atoms with Crippen LogP contribution in [-0.4, -0.2) is 40.2 Å². The smallest absolute Gasteiger partial charge is 0.312 e. The molecule has 0 aromatic carbocycles. The summed E-state index contributed by atoms with van der Waals surface area (Å²) in [7, 11) is 3.19. The predicted molar refractivity (Wildman–Crippen MR) is 88.1 cm³/mol. The topological polar surface area (TPSA) is 59.3 Å². The van der Waals surface area contributed by atoms with E-state index in [4.69, 9.17) is 0 Å². The lowest BCUT2D eigenvalue weighted by Crippen LogP contribution is -2.40. The molecule has 1 aromatic heterocycles. The Balaban J connectivity index is 1.83. The summed E-state index contributed by atoms with van der Waals surface area (Å²) in [6.07, 6.45) is 5.62. The van der Waals surface area contributed by atoms with Crippen molar-refractivity contribution in [1.29, 1.82) is 0 Å². The third-order valence-corrected chi connectivity index (χ3v) is 4.34. The maximum Gasteiger partial charge on any atom is 0.330 e. The van der Waals surface area contributed by atoms with E-state index >= 15 is 0 Å². The van der Waals surface area contributed by atoms with E-state index in [0.29, 0.717) is 18.0 Å². The van der Waals surface area contributed by atoms with Crippen LogP contribution in [0.1, 0.15) is 31.7 Å². The number of likely N-dealkylation sites (tertiary alicyclic amines) is 1. The number of rotatable bonds is 6. The van der Waals surface area contributed by atoms with Gasteiger partial charge in [0.2, 0.25) is 0 Å². The first kappa shape index (κ1) is 17.0. The number of aryl methyl sites for hydroxylation is 1. The summed E-state index contributed by atoms with van der Waals surface area (Å²) < 4.78 is 2.61. The molecular formula is C16H28N4O2. The van der Waals surface area contributed by atoms with Crippen LogP contribution in [0.2, 0.25) is 0 Å². The van der Waals surface area contributed by atoms with Gasteiger partial charge in [-0.3, -0.25) is 9.36 Å². The first-order valence-corrected chi connectivity index (χ1v) is 8.17. The van der Waals surface area contributed by atoms with Gasteiger partial charge in [-0.2, -0.15) is 0 Å². The van der Waals surface area contributed by atoms with Crippen molar-refractivity contribution in [3.05, 3.63) is 32.6 Å².